The summed E-state index contributed by atoms with van der Waals surface area (Å²) < 4.78 is 5.78. The fraction of sp³-hybridized carbons (Fsp3) is 0.176. The zero-order valence-corrected chi connectivity index (χ0v) is 14.4. The summed E-state index contributed by atoms with van der Waals surface area (Å²) >= 11 is 7.55. The van der Waals surface area contributed by atoms with Gasteiger partial charge in [-0.25, -0.2) is 9.97 Å². The monoisotopic (exact) mass is 373 g/mol. The standard InChI is InChI=1S/C17H12ClN3O3S/c18-14-6-5-13(25-14)16-11(7-15(22)23)21-17(24-16)12-8-19-9-3-1-2-4-10(9)20-12/h1-5,8,14H,6-7H2,(H,22,23). The number of para-hydroxylation sites is 2. The first-order valence-electron chi connectivity index (χ1n) is 7.55. The molecule has 1 aliphatic rings. The van der Waals surface area contributed by atoms with Gasteiger partial charge in [0.15, 0.2) is 5.76 Å². The number of carboxylic acid groups (broad SMARTS) is 1. The van der Waals surface area contributed by atoms with E-state index in [2.05, 4.69) is 15.0 Å². The molecule has 0 saturated heterocycles. The maximum Gasteiger partial charge on any atom is 0.309 e. The predicted molar refractivity (Wildman–Crippen MR) is 96.2 cm³/mol. The lowest BCUT2D eigenvalue weighted by Gasteiger charge is -2.01. The smallest absolute Gasteiger partial charge is 0.309 e. The van der Waals surface area contributed by atoms with Crippen LogP contribution >= 0.6 is 23.4 Å². The molecule has 1 unspecified atom stereocenters. The lowest BCUT2D eigenvalue weighted by molar-refractivity contribution is -0.136. The number of rotatable bonds is 4. The Kier molecular flexibility index (Phi) is 4.19. The second-order valence-electron chi connectivity index (χ2n) is 5.44. The molecule has 1 aliphatic heterocycles. The first-order chi connectivity index (χ1) is 12.1. The molecule has 3 aromatic rings. The van der Waals surface area contributed by atoms with Gasteiger partial charge in [0, 0.05) is 4.91 Å². The van der Waals surface area contributed by atoms with Gasteiger partial charge in [-0.15, -0.1) is 23.4 Å². The summed E-state index contributed by atoms with van der Waals surface area (Å²) in [5.41, 5.74) is 2.31. The topological polar surface area (TPSA) is 89.1 Å². The Morgan fingerprint density at radius 2 is 2.12 bits per heavy atom. The highest BCUT2D eigenvalue weighted by atomic mass is 35.5. The molecule has 126 valence electrons. The highest BCUT2D eigenvalue weighted by molar-refractivity contribution is 8.10. The first kappa shape index (κ1) is 16.1. The molecule has 8 heteroatoms. The van der Waals surface area contributed by atoms with Gasteiger partial charge in [-0.3, -0.25) is 9.78 Å². The number of aliphatic carboxylic acids is 1. The van der Waals surface area contributed by atoms with Crippen LogP contribution in [0, 0.1) is 0 Å². The van der Waals surface area contributed by atoms with Gasteiger partial charge in [0.2, 0.25) is 5.89 Å². The van der Waals surface area contributed by atoms with Crippen molar-refractivity contribution in [1.82, 2.24) is 15.0 Å². The molecule has 0 amide bonds. The fourth-order valence-corrected chi connectivity index (χ4v) is 3.86. The Bertz CT molecular complexity index is 1000. The molecule has 0 fully saturated rings. The van der Waals surface area contributed by atoms with E-state index < -0.39 is 5.97 Å². The lowest BCUT2D eigenvalue weighted by Crippen LogP contribution is -2.02. The van der Waals surface area contributed by atoms with Crippen LogP contribution in [-0.4, -0.2) is 30.7 Å². The number of thioether (sulfide) groups is 1. The van der Waals surface area contributed by atoms with Crippen molar-refractivity contribution in [3.05, 3.63) is 48.0 Å². The number of aromatic nitrogens is 3. The van der Waals surface area contributed by atoms with Crippen LogP contribution < -0.4 is 0 Å². The third-order valence-electron chi connectivity index (χ3n) is 3.65. The number of halogens is 1. The minimum atomic E-state index is -0.975. The van der Waals surface area contributed by atoms with Gasteiger partial charge in [0.05, 0.1) is 34.1 Å². The number of hydrogen-bond donors (Lipinski definition) is 1. The van der Waals surface area contributed by atoms with Crippen LogP contribution in [0.4, 0.5) is 0 Å². The van der Waals surface area contributed by atoms with Crippen molar-refractivity contribution in [1.29, 1.82) is 0 Å². The van der Waals surface area contributed by atoms with Crippen molar-refractivity contribution in [3.8, 4) is 11.6 Å². The molecule has 0 spiro atoms. The fourth-order valence-electron chi connectivity index (χ4n) is 2.56. The minimum absolute atomic E-state index is 0.0818. The number of alkyl halides is 1. The number of nitrogens with zero attached hydrogens (tertiary/aromatic N) is 3. The lowest BCUT2D eigenvalue weighted by atomic mass is 10.2. The van der Waals surface area contributed by atoms with E-state index in [9.17, 15) is 4.79 Å². The summed E-state index contributed by atoms with van der Waals surface area (Å²) in [5, 5.41) is 9.15. The highest BCUT2D eigenvalue weighted by Crippen LogP contribution is 2.43. The van der Waals surface area contributed by atoms with Gasteiger partial charge in [-0.2, -0.15) is 0 Å². The molecular weight excluding hydrogens is 362 g/mol. The Morgan fingerprint density at radius 3 is 2.84 bits per heavy atom. The van der Waals surface area contributed by atoms with E-state index in [0.29, 0.717) is 23.6 Å². The van der Waals surface area contributed by atoms with Crippen LogP contribution in [0.25, 0.3) is 27.5 Å². The number of oxazole rings is 1. The van der Waals surface area contributed by atoms with Crippen LogP contribution in [0.15, 0.2) is 41.0 Å². The third-order valence-corrected chi connectivity index (χ3v) is 5.15. The Morgan fingerprint density at radius 1 is 1.32 bits per heavy atom. The van der Waals surface area contributed by atoms with Crippen molar-refractivity contribution in [2.24, 2.45) is 0 Å². The second kappa shape index (κ2) is 6.50. The normalized spacial score (nSPS) is 17.0. The van der Waals surface area contributed by atoms with Crippen molar-refractivity contribution in [2.75, 3.05) is 0 Å². The summed E-state index contributed by atoms with van der Waals surface area (Å²) in [6, 6.07) is 7.47. The van der Waals surface area contributed by atoms with Crippen LogP contribution in [-0.2, 0) is 11.2 Å². The quantitative estimate of drug-likeness (QED) is 0.692. The summed E-state index contributed by atoms with van der Waals surface area (Å²) in [6.45, 7) is 0. The van der Waals surface area contributed by atoms with E-state index >= 15 is 0 Å². The Balaban J connectivity index is 1.78. The molecule has 0 bridgehead atoms. The average molecular weight is 374 g/mol. The van der Waals surface area contributed by atoms with Gasteiger partial charge < -0.3 is 9.52 Å². The number of benzene rings is 1. The van der Waals surface area contributed by atoms with E-state index in [0.717, 1.165) is 15.9 Å². The largest absolute Gasteiger partial charge is 0.481 e. The summed E-state index contributed by atoms with van der Waals surface area (Å²) in [6.07, 6.45) is 3.97. The molecule has 1 atom stereocenters. The summed E-state index contributed by atoms with van der Waals surface area (Å²) in [4.78, 5) is 25.2. The molecule has 6 nitrogen and oxygen atoms in total. The predicted octanol–water partition coefficient (Wildman–Crippen LogP) is 3.95. The molecule has 0 aliphatic carbocycles. The Hall–Kier alpha value is -2.38. The van der Waals surface area contributed by atoms with Crippen LogP contribution in [0.1, 0.15) is 17.9 Å². The number of allylic oxidation sites excluding steroid dienone is 1. The first-order valence-corrected chi connectivity index (χ1v) is 8.86. The summed E-state index contributed by atoms with van der Waals surface area (Å²) in [5.74, 6) is -0.277. The molecule has 0 radical (unpaired) electrons. The van der Waals surface area contributed by atoms with Gasteiger partial charge in [-0.1, -0.05) is 18.2 Å². The van der Waals surface area contributed by atoms with E-state index in [-0.39, 0.29) is 17.0 Å². The number of fused-ring (bicyclic) bond motifs is 1. The molecule has 25 heavy (non-hydrogen) atoms. The molecule has 0 saturated carbocycles. The minimum Gasteiger partial charge on any atom is -0.481 e. The average Bonchev–Trinajstić information content (AvgIpc) is 3.20. The molecule has 2 aromatic heterocycles. The summed E-state index contributed by atoms with van der Waals surface area (Å²) in [7, 11) is 0. The number of carbonyl (C=O) groups is 1. The van der Waals surface area contributed by atoms with E-state index in [1.807, 2.05) is 30.3 Å². The van der Waals surface area contributed by atoms with Gasteiger partial charge in [0.25, 0.3) is 0 Å². The van der Waals surface area contributed by atoms with Crippen LogP contribution in [0.3, 0.4) is 0 Å². The highest BCUT2D eigenvalue weighted by Gasteiger charge is 2.26. The van der Waals surface area contributed by atoms with Crippen molar-refractivity contribution < 1.29 is 14.3 Å². The molecule has 1 aromatic carbocycles. The van der Waals surface area contributed by atoms with Crippen molar-refractivity contribution >= 4 is 45.3 Å². The molecule has 3 heterocycles. The number of hydrogen-bond acceptors (Lipinski definition) is 6. The zero-order chi connectivity index (χ0) is 17.4. The van der Waals surface area contributed by atoms with Crippen molar-refractivity contribution in [3.63, 3.8) is 0 Å². The Labute approximate surface area is 151 Å². The van der Waals surface area contributed by atoms with Crippen LogP contribution in [0.5, 0.6) is 0 Å². The van der Waals surface area contributed by atoms with Gasteiger partial charge >= 0.3 is 5.97 Å². The molecule has 4 rings (SSSR count). The van der Waals surface area contributed by atoms with Crippen molar-refractivity contribution in [2.45, 2.75) is 17.6 Å². The van der Waals surface area contributed by atoms with Crippen LogP contribution in [0.2, 0.25) is 0 Å². The van der Waals surface area contributed by atoms with E-state index in [4.69, 9.17) is 21.1 Å². The molecular formula is C17H12ClN3O3S. The second-order valence-corrected chi connectivity index (χ2v) is 7.47. The van der Waals surface area contributed by atoms with Gasteiger partial charge in [0.1, 0.15) is 5.69 Å². The SMILES string of the molecule is O=C(O)Cc1nc(-c2cnc3ccccc3n2)oc1C1=CCC(Cl)S1. The molecule has 1 N–H and O–H groups in total. The third kappa shape index (κ3) is 3.25. The van der Waals surface area contributed by atoms with E-state index in [1.54, 1.807) is 6.20 Å². The van der Waals surface area contributed by atoms with Gasteiger partial charge in [-0.05, 0) is 18.6 Å². The number of carboxylic acids is 1. The zero-order valence-electron chi connectivity index (χ0n) is 12.8. The van der Waals surface area contributed by atoms with E-state index in [1.165, 1.54) is 11.8 Å². The maximum atomic E-state index is 11.2. The maximum absolute atomic E-state index is 11.2.